The van der Waals surface area contributed by atoms with E-state index in [-0.39, 0.29) is 24.4 Å². The summed E-state index contributed by atoms with van der Waals surface area (Å²) in [5, 5.41) is 5.70. The van der Waals surface area contributed by atoms with Crippen molar-refractivity contribution in [2.24, 2.45) is 5.73 Å². The highest BCUT2D eigenvalue weighted by molar-refractivity contribution is 7.20. The Labute approximate surface area is 163 Å². The first-order valence-corrected chi connectivity index (χ1v) is 9.56. The Kier molecular flexibility index (Phi) is 5.65. The fraction of sp³-hybridized carbons (Fsp3) is 0.368. The number of benzene rings is 1. The Morgan fingerprint density at radius 2 is 2.08 bits per heavy atom. The van der Waals surface area contributed by atoms with Gasteiger partial charge in [-0.2, -0.15) is 5.10 Å². The second kappa shape index (κ2) is 7.78. The normalized spacial score (nSPS) is 17.3. The molecule has 1 saturated heterocycles. The third-order valence-corrected chi connectivity index (χ3v) is 6.01. The molecule has 4 rings (SSSR count). The second-order valence-corrected chi connectivity index (χ2v) is 7.58. The monoisotopic (exact) mass is 390 g/mol. The van der Waals surface area contributed by atoms with Gasteiger partial charge in [-0.1, -0.05) is 18.2 Å². The van der Waals surface area contributed by atoms with Crippen molar-refractivity contribution in [3.8, 4) is 5.69 Å². The van der Waals surface area contributed by atoms with Gasteiger partial charge >= 0.3 is 0 Å². The van der Waals surface area contributed by atoms with E-state index in [1.54, 1.807) is 0 Å². The largest absolute Gasteiger partial charge is 0.334 e. The number of likely N-dealkylation sites (tertiary alicyclic amines) is 1. The number of halogens is 1. The molecule has 138 valence electrons. The molecule has 1 aliphatic rings. The van der Waals surface area contributed by atoms with Crippen molar-refractivity contribution in [1.82, 2.24) is 14.7 Å². The van der Waals surface area contributed by atoms with E-state index in [4.69, 9.17) is 5.73 Å². The van der Waals surface area contributed by atoms with Gasteiger partial charge in [0.15, 0.2) is 0 Å². The maximum atomic E-state index is 13.0. The predicted molar refractivity (Wildman–Crippen MR) is 109 cm³/mol. The number of hydrogen-bond donors (Lipinski definition) is 1. The van der Waals surface area contributed by atoms with Crippen LogP contribution in [-0.2, 0) is 0 Å². The van der Waals surface area contributed by atoms with Crippen molar-refractivity contribution >= 4 is 39.9 Å². The molecule has 1 amide bonds. The molecule has 2 N–H and O–H groups in total. The van der Waals surface area contributed by atoms with Gasteiger partial charge in [-0.3, -0.25) is 4.79 Å². The molecule has 0 radical (unpaired) electrons. The highest BCUT2D eigenvalue weighted by Crippen LogP contribution is 2.32. The SMILES string of the molecule is Cc1nn(-c2ccccc2)c2sc(C(=O)N3CCCCC3CN)cc12.Cl. The lowest BCUT2D eigenvalue weighted by atomic mass is 10.0. The number of amides is 1. The first kappa shape index (κ1) is 18.9. The summed E-state index contributed by atoms with van der Waals surface area (Å²) in [6.45, 7) is 3.33. The average molecular weight is 391 g/mol. The van der Waals surface area contributed by atoms with Gasteiger partial charge in [0.25, 0.3) is 5.91 Å². The predicted octanol–water partition coefficient (Wildman–Crippen LogP) is 3.77. The number of carbonyl (C=O) groups excluding carboxylic acids is 1. The number of nitrogens with two attached hydrogens (primary N) is 1. The van der Waals surface area contributed by atoms with Crippen LogP contribution in [-0.4, -0.2) is 39.7 Å². The van der Waals surface area contributed by atoms with E-state index in [0.29, 0.717) is 6.54 Å². The summed E-state index contributed by atoms with van der Waals surface area (Å²) in [7, 11) is 0. The Bertz CT molecular complexity index is 905. The van der Waals surface area contributed by atoms with Crippen LogP contribution in [0.2, 0.25) is 0 Å². The van der Waals surface area contributed by atoms with Crippen molar-refractivity contribution in [2.45, 2.75) is 32.2 Å². The molecular weight excluding hydrogens is 368 g/mol. The number of fused-ring (bicyclic) bond motifs is 1. The van der Waals surface area contributed by atoms with Crippen molar-refractivity contribution in [3.05, 3.63) is 47.0 Å². The van der Waals surface area contributed by atoms with E-state index in [0.717, 1.165) is 52.3 Å². The molecule has 1 aliphatic heterocycles. The van der Waals surface area contributed by atoms with Crippen LogP contribution in [0.5, 0.6) is 0 Å². The lowest BCUT2D eigenvalue weighted by molar-refractivity contribution is 0.0628. The molecule has 7 heteroatoms. The molecule has 1 unspecified atom stereocenters. The zero-order chi connectivity index (χ0) is 17.4. The molecular formula is C19H23ClN4OS. The Balaban J connectivity index is 0.00000196. The van der Waals surface area contributed by atoms with E-state index in [9.17, 15) is 4.79 Å². The first-order chi connectivity index (χ1) is 12.2. The minimum absolute atomic E-state index is 0. The van der Waals surface area contributed by atoms with E-state index in [1.165, 1.54) is 11.3 Å². The summed E-state index contributed by atoms with van der Waals surface area (Å²) < 4.78 is 1.93. The lowest BCUT2D eigenvalue weighted by Crippen LogP contribution is -2.47. The molecule has 2 aromatic heterocycles. The van der Waals surface area contributed by atoms with Crippen LogP contribution >= 0.6 is 23.7 Å². The lowest BCUT2D eigenvalue weighted by Gasteiger charge is -2.34. The number of thiophene rings is 1. The van der Waals surface area contributed by atoms with Gasteiger partial charge in [0.1, 0.15) is 4.83 Å². The summed E-state index contributed by atoms with van der Waals surface area (Å²) in [6, 6.07) is 12.2. The van der Waals surface area contributed by atoms with Crippen molar-refractivity contribution < 1.29 is 4.79 Å². The van der Waals surface area contributed by atoms with Gasteiger partial charge in [0.2, 0.25) is 0 Å². The summed E-state index contributed by atoms with van der Waals surface area (Å²) in [5.74, 6) is 0.107. The van der Waals surface area contributed by atoms with Gasteiger partial charge in [0, 0.05) is 24.5 Å². The van der Waals surface area contributed by atoms with Crippen molar-refractivity contribution in [3.63, 3.8) is 0 Å². The molecule has 0 saturated carbocycles. The Morgan fingerprint density at radius 3 is 2.81 bits per heavy atom. The number of para-hydroxylation sites is 1. The van der Waals surface area contributed by atoms with E-state index in [2.05, 4.69) is 5.10 Å². The van der Waals surface area contributed by atoms with Gasteiger partial charge in [-0.25, -0.2) is 4.68 Å². The van der Waals surface area contributed by atoms with E-state index in [1.807, 2.05) is 52.9 Å². The summed E-state index contributed by atoms with van der Waals surface area (Å²) in [4.78, 5) is 16.8. The molecule has 1 fully saturated rings. The third-order valence-electron chi connectivity index (χ3n) is 4.92. The molecule has 0 spiro atoms. The molecule has 3 heterocycles. The van der Waals surface area contributed by atoms with Gasteiger partial charge < -0.3 is 10.6 Å². The summed E-state index contributed by atoms with van der Waals surface area (Å²) in [6.07, 6.45) is 3.22. The third kappa shape index (κ3) is 3.24. The van der Waals surface area contributed by atoms with E-state index < -0.39 is 0 Å². The molecule has 1 atom stereocenters. The highest BCUT2D eigenvalue weighted by atomic mass is 35.5. The fourth-order valence-corrected chi connectivity index (χ4v) is 4.69. The number of nitrogens with zero attached hydrogens (tertiary/aromatic N) is 3. The smallest absolute Gasteiger partial charge is 0.264 e. The molecule has 0 bridgehead atoms. The van der Waals surface area contributed by atoms with E-state index >= 15 is 0 Å². The van der Waals surface area contributed by atoms with Gasteiger partial charge in [0.05, 0.1) is 16.3 Å². The number of piperidine rings is 1. The molecule has 26 heavy (non-hydrogen) atoms. The number of aryl methyl sites for hydroxylation is 1. The topological polar surface area (TPSA) is 64.2 Å². The highest BCUT2D eigenvalue weighted by Gasteiger charge is 2.28. The van der Waals surface area contributed by atoms with Crippen molar-refractivity contribution in [1.29, 1.82) is 0 Å². The molecule has 0 aliphatic carbocycles. The Morgan fingerprint density at radius 1 is 1.31 bits per heavy atom. The summed E-state index contributed by atoms with van der Waals surface area (Å²) in [5.41, 5.74) is 7.84. The quantitative estimate of drug-likeness (QED) is 0.740. The number of rotatable bonds is 3. The maximum Gasteiger partial charge on any atom is 0.264 e. The summed E-state index contributed by atoms with van der Waals surface area (Å²) >= 11 is 1.52. The van der Waals surface area contributed by atoms with Crippen LogP contribution < -0.4 is 5.73 Å². The average Bonchev–Trinajstić information content (AvgIpc) is 3.22. The first-order valence-electron chi connectivity index (χ1n) is 8.74. The molecule has 3 aromatic rings. The zero-order valence-electron chi connectivity index (χ0n) is 14.7. The Hall–Kier alpha value is -1.89. The number of aromatic nitrogens is 2. The standard InChI is InChI=1S/C19H22N4OS.ClH/c1-13-16-11-17(18(24)22-10-6-5-9-15(22)12-20)25-19(16)23(21-13)14-7-3-2-4-8-14;/h2-4,7-8,11,15H,5-6,9-10,12,20H2,1H3;1H. The minimum Gasteiger partial charge on any atom is -0.334 e. The number of hydrogen-bond acceptors (Lipinski definition) is 4. The fourth-order valence-electron chi connectivity index (χ4n) is 3.55. The molecule has 1 aromatic carbocycles. The van der Waals surface area contributed by atoms with Crippen LogP contribution in [0.4, 0.5) is 0 Å². The second-order valence-electron chi connectivity index (χ2n) is 6.55. The van der Waals surface area contributed by atoms with Crippen LogP contribution in [0.1, 0.15) is 34.6 Å². The van der Waals surface area contributed by atoms with Crippen LogP contribution in [0.25, 0.3) is 15.9 Å². The minimum atomic E-state index is 0. The zero-order valence-corrected chi connectivity index (χ0v) is 16.4. The van der Waals surface area contributed by atoms with Crippen LogP contribution in [0.3, 0.4) is 0 Å². The van der Waals surface area contributed by atoms with Gasteiger partial charge in [-0.15, -0.1) is 23.7 Å². The van der Waals surface area contributed by atoms with Gasteiger partial charge in [-0.05, 0) is 44.4 Å². The molecule has 5 nitrogen and oxygen atoms in total. The van der Waals surface area contributed by atoms with Crippen LogP contribution in [0, 0.1) is 6.92 Å². The maximum absolute atomic E-state index is 13.0. The number of carbonyl (C=O) groups is 1. The van der Waals surface area contributed by atoms with Crippen molar-refractivity contribution in [2.75, 3.05) is 13.1 Å². The van der Waals surface area contributed by atoms with Crippen LogP contribution in [0.15, 0.2) is 36.4 Å².